The summed E-state index contributed by atoms with van der Waals surface area (Å²) < 4.78 is 5.11. The summed E-state index contributed by atoms with van der Waals surface area (Å²) >= 11 is 1.33. The summed E-state index contributed by atoms with van der Waals surface area (Å²) in [7, 11) is 0. The van der Waals surface area contributed by atoms with Crippen molar-refractivity contribution >= 4 is 28.4 Å². The van der Waals surface area contributed by atoms with Crippen LogP contribution in [0.5, 0.6) is 0 Å². The molecular formula is C13H15N5O3S. The van der Waals surface area contributed by atoms with Gasteiger partial charge in [0.25, 0.3) is 5.91 Å². The fraction of sp³-hybridized carbons (Fsp3) is 0.385. The number of hydrogen-bond donors (Lipinski definition) is 1. The molecule has 0 aromatic carbocycles. The Morgan fingerprint density at radius 3 is 2.55 bits per heavy atom. The van der Waals surface area contributed by atoms with E-state index in [1.165, 1.54) is 17.6 Å². The molecule has 0 radical (unpaired) electrons. The summed E-state index contributed by atoms with van der Waals surface area (Å²) in [6.45, 7) is 3.71. The molecule has 1 N–H and O–H groups in total. The molecule has 0 atom stereocenters. The first-order chi connectivity index (χ1) is 10.6. The average molecular weight is 321 g/mol. The van der Waals surface area contributed by atoms with Gasteiger partial charge in [-0.1, -0.05) is 11.3 Å². The summed E-state index contributed by atoms with van der Waals surface area (Å²) in [6, 6.07) is 3.10. The zero-order valence-electron chi connectivity index (χ0n) is 12.0. The van der Waals surface area contributed by atoms with E-state index in [9.17, 15) is 9.59 Å². The van der Waals surface area contributed by atoms with Gasteiger partial charge in [0.1, 0.15) is 5.01 Å². The minimum atomic E-state index is -0.221. The molecule has 0 unspecified atom stereocenters. The number of urea groups is 1. The summed E-state index contributed by atoms with van der Waals surface area (Å²) in [6.07, 6.45) is 1.47. The molecule has 116 valence electrons. The lowest BCUT2D eigenvalue weighted by Crippen LogP contribution is -2.51. The van der Waals surface area contributed by atoms with Crippen LogP contribution < -0.4 is 5.32 Å². The third-order valence-corrected chi connectivity index (χ3v) is 4.08. The third kappa shape index (κ3) is 3.08. The van der Waals surface area contributed by atoms with Crippen molar-refractivity contribution in [3.8, 4) is 0 Å². The SMILES string of the molecule is Cc1nnc(NC(=O)N2CCN(C(=O)c3ccco3)CC2)s1. The van der Waals surface area contributed by atoms with E-state index in [1.54, 1.807) is 21.9 Å². The number of carbonyl (C=O) groups excluding carboxylic acids is 2. The molecule has 0 spiro atoms. The van der Waals surface area contributed by atoms with E-state index in [-0.39, 0.29) is 11.9 Å². The maximum atomic E-state index is 12.1. The number of amides is 3. The number of piperazine rings is 1. The number of rotatable bonds is 2. The van der Waals surface area contributed by atoms with Gasteiger partial charge in [-0.3, -0.25) is 10.1 Å². The zero-order chi connectivity index (χ0) is 15.5. The van der Waals surface area contributed by atoms with Crippen molar-refractivity contribution in [3.63, 3.8) is 0 Å². The average Bonchev–Trinajstić information content (AvgIpc) is 3.18. The molecule has 3 heterocycles. The maximum Gasteiger partial charge on any atom is 0.323 e. The van der Waals surface area contributed by atoms with Crippen molar-refractivity contribution in [3.05, 3.63) is 29.2 Å². The highest BCUT2D eigenvalue weighted by atomic mass is 32.1. The van der Waals surface area contributed by atoms with Gasteiger partial charge in [-0.25, -0.2) is 4.79 Å². The maximum absolute atomic E-state index is 12.1. The van der Waals surface area contributed by atoms with Gasteiger partial charge in [0.05, 0.1) is 6.26 Å². The van der Waals surface area contributed by atoms with Crippen LogP contribution in [-0.2, 0) is 0 Å². The molecule has 2 aromatic rings. The largest absolute Gasteiger partial charge is 0.459 e. The van der Waals surface area contributed by atoms with Gasteiger partial charge in [0, 0.05) is 26.2 Å². The number of nitrogens with one attached hydrogen (secondary N) is 1. The summed E-state index contributed by atoms with van der Waals surface area (Å²) in [4.78, 5) is 27.6. The highest BCUT2D eigenvalue weighted by molar-refractivity contribution is 7.15. The van der Waals surface area contributed by atoms with Gasteiger partial charge >= 0.3 is 6.03 Å². The Morgan fingerprint density at radius 1 is 1.23 bits per heavy atom. The Morgan fingerprint density at radius 2 is 1.95 bits per heavy atom. The van der Waals surface area contributed by atoms with E-state index in [1.807, 2.05) is 6.92 Å². The van der Waals surface area contributed by atoms with E-state index in [2.05, 4.69) is 15.5 Å². The van der Waals surface area contributed by atoms with Crippen molar-refractivity contribution in [1.82, 2.24) is 20.0 Å². The normalized spacial score (nSPS) is 15.0. The van der Waals surface area contributed by atoms with E-state index in [4.69, 9.17) is 4.42 Å². The smallest absolute Gasteiger partial charge is 0.323 e. The Bertz CT molecular complexity index is 661. The first-order valence-corrected chi connectivity index (χ1v) is 7.64. The predicted molar refractivity (Wildman–Crippen MR) is 79.8 cm³/mol. The Labute approximate surface area is 130 Å². The summed E-state index contributed by atoms with van der Waals surface area (Å²) in [5.74, 6) is 0.173. The molecule has 0 saturated carbocycles. The topological polar surface area (TPSA) is 91.6 Å². The molecule has 8 nitrogen and oxygen atoms in total. The van der Waals surface area contributed by atoms with Gasteiger partial charge in [-0.2, -0.15) is 0 Å². The zero-order valence-corrected chi connectivity index (χ0v) is 12.8. The van der Waals surface area contributed by atoms with Gasteiger partial charge < -0.3 is 14.2 Å². The van der Waals surface area contributed by atoms with Crippen LogP contribution >= 0.6 is 11.3 Å². The van der Waals surface area contributed by atoms with Crippen molar-refractivity contribution < 1.29 is 14.0 Å². The number of hydrogen-bond acceptors (Lipinski definition) is 6. The lowest BCUT2D eigenvalue weighted by Gasteiger charge is -2.34. The van der Waals surface area contributed by atoms with Crippen LogP contribution in [0.4, 0.5) is 9.93 Å². The first kappa shape index (κ1) is 14.5. The number of furan rings is 1. The van der Waals surface area contributed by atoms with Gasteiger partial charge in [-0.05, 0) is 19.1 Å². The van der Waals surface area contributed by atoms with Crippen molar-refractivity contribution in [2.24, 2.45) is 0 Å². The fourth-order valence-corrected chi connectivity index (χ4v) is 2.77. The molecule has 0 aliphatic carbocycles. The number of carbonyl (C=O) groups is 2. The molecule has 1 aliphatic heterocycles. The van der Waals surface area contributed by atoms with E-state index >= 15 is 0 Å². The third-order valence-electron chi connectivity index (χ3n) is 3.33. The fourth-order valence-electron chi connectivity index (χ4n) is 2.19. The Balaban J connectivity index is 1.53. The molecule has 3 rings (SSSR count). The van der Waals surface area contributed by atoms with Crippen LogP contribution in [0, 0.1) is 6.92 Å². The van der Waals surface area contributed by atoms with Crippen molar-refractivity contribution in [2.45, 2.75) is 6.92 Å². The summed E-state index contributed by atoms with van der Waals surface area (Å²) in [5, 5.41) is 11.7. The van der Waals surface area contributed by atoms with Gasteiger partial charge in [0.15, 0.2) is 5.76 Å². The van der Waals surface area contributed by atoms with Crippen LogP contribution in [-0.4, -0.2) is 58.1 Å². The Hall–Kier alpha value is -2.42. The number of aromatic nitrogens is 2. The van der Waals surface area contributed by atoms with Gasteiger partial charge in [-0.15, -0.1) is 10.2 Å². The quantitative estimate of drug-likeness (QED) is 0.903. The number of anilines is 1. The van der Waals surface area contributed by atoms with Crippen LogP contribution in [0.3, 0.4) is 0 Å². The lowest BCUT2D eigenvalue weighted by atomic mass is 10.3. The molecule has 1 aliphatic rings. The van der Waals surface area contributed by atoms with E-state index < -0.39 is 0 Å². The molecule has 9 heteroatoms. The number of nitrogens with zero attached hydrogens (tertiary/aromatic N) is 4. The molecule has 0 bridgehead atoms. The number of aryl methyl sites for hydroxylation is 1. The lowest BCUT2D eigenvalue weighted by molar-refractivity contribution is 0.0640. The minimum Gasteiger partial charge on any atom is -0.459 e. The molecule has 1 fully saturated rings. The summed E-state index contributed by atoms with van der Waals surface area (Å²) in [5.41, 5.74) is 0. The Kier molecular flexibility index (Phi) is 4.05. The minimum absolute atomic E-state index is 0.148. The standard InChI is InChI=1S/C13H15N5O3S/c1-9-15-16-12(22-9)14-13(20)18-6-4-17(5-7-18)11(19)10-3-2-8-21-10/h2-3,8H,4-7H2,1H3,(H,14,16,20). The predicted octanol–water partition coefficient (Wildman–Crippen LogP) is 1.43. The van der Waals surface area contributed by atoms with Crippen molar-refractivity contribution in [2.75, 3.05) is 31.5 Å². The molecule has 1 saturated heterocycles. The second-order valence-electron chi connectivity index (χ2n) is 4.81. The van der Waals surface area contributed by atoms with Crippen LogP contribution in [0.15, 0.2) is 22.8 Å². The second kappa shape index (κ2) is 6.14. The van der Waals surface area contributed by atoms with Crippen LogP contribution in [0.2, 0.25) is 0 Å². The highest BCUT2D eigenvalue weighted by Crippen LogP contribution is 2.15. The molecule has 22 heavy (non-hydrogen) atoms. The van der Waals surface area contributed by atoms with Crippen LogP contribution in [0.25, 0.3) is 0 Å². The molecular weight excluding hydrogens is 306 g/mol. The second-order valence-corrected chi connectivity index (χ2v) is 5.99. The van der Waals surface area contributed by atoms with Crippen LogP contribution in [0.1, 0.15) is 15.6 Å². The van der Waals surface area contributed by atoms with E-state index in [0.29, 0.717) is 37.1 Å². The van der Waals surface area contributed by atoms with Gasteiger partial charge in [0.2, 0.25) is 5.13 Å². The highest BCUT2D eigenvalue weighted by Gasteiger charge is 2.26. The van der Waals surface area contributed by atoms with Crippen molar-refractivity contribution in [1.29, 1.82) is 0 Å². The monoisotopic (exact) mass is 321 g/mol. The first-order valence-electron chi connectivity index (χ1n) is 6.82. The van der Waals surface area contributed by atoms with E-state index in [0.717, 1.165) is 5.01 Å². The molecule has 2 aromatic heterocycles. The molecule has 3 amide bonds.